The minimum atomic E-state index is -0.386. The Morgan fingerprint density at radius 1 is 1.00 bits per heavy atom. The number of rotatable bonds is 7. The lowest BCUT2D eigenvalue weighted by Crippen LogP contribution is -2.32. The van der Waals surface area contributed by atoms with Gasteiger partial charge in [-0.2, -0.15) is 0 Å². The fraction of sp³-hybridized carbons (Fsp3) is 0.355. The molecule has 0 spiro atoms. The van der Waals surface area contributed by atoms with Crippen LogP contribution in [0.25, 0.3) is 11.1 Å². The van der Waals surface area contributed by atoms with Crippen LogP contribution in [0.15, 0.2) is 66.7 Å². The quantitative estimate of drug-likeness (QED) is 0.380. The Balaban J connectivity index is 1.34. The summed E-state index contributed by atoms with van der Waals surface area (Å²) in [6, 6.07) is 20.2. The number of ether oxygens (including phenoxy) is 2. The first-order valence-electron chi connectivity index (χ1n) is 13.0. The number of phenolic OH excluding ortho intramolecular Hbond substituents is 2. The molecule has 2 aliphatic heterocycles. The number of hydrogen-bond donors (Lipinski definition) is 2. The van der Waals surface area contributed by atoms with Crippen molar-refractivity contribution in [1.29, 1.82) is 0 Å². The van der Waals surface area contributed by atoms with Gasteiger partial charge in [0, 0.05) is 24.2 Å². The van der Waals surface area contributed by atoms with Crippen LogP contribution < -0.4 is 9.47 Å². The zero-order chi connectivity index (χ0) is 25.8. The van der Waals surface area contributed by atoms with Crippen LogP contribution in [0.5, 0.6) is 23.0 Å². The summed E-state index contributed by atoms with van der Waals surface area (Å²) < 4.78 is 25.7. The molecule has 1 fully saturated rings. The van der Waals surface area contributed by atoms with Crippen molar-refractivity contribution in [2.45, 2.75) is 32.3 Å². The van der Waals surface area contributed by atoms with E-state index < -0.39 is 0 Å². The van der Waals surface area contributed by atoms with Gasteiger partial charge in [-0.25, -0.2) is 0 Å². The number of halogens is 1. The number of phenols is 2. The summed E-state index contributed by atoms with van der Waals surface area (Å²) in [5, 5.41) is 20.2. The summed E-state index contributed by atoms with van der Waals surface area (Å²) >= 11 is 0. The number of nitrogens with zero attached hydrogens (tertiary/aromatic N) is 1. The fourth-order valence-corrected chi connectivity index (χ4v) is 5.39. The highest BCUT2D eigenvalue weighted by Gasteiger charge is 2.29. The molecule has 2 unspecified atom stereocenters. The Kier molecular flexibility index (Phi) is 7.65. The molecule has 2 aliphatic rings. The maximum absolute atomic E-state index is 13.2. The fourth-order valence-electron chi connectivity index (χ4n) is 5.39. The average molecular weight is 504 g/mol. The zero-order valence-corrected chi connectivity index (χ0v) is 21.2. The lowest BCUT2D eigenvalue weighted by atomic mass is 9.86. The molecule has 2 atom stereocenters. The smallest absolute Gasteiger partial charge is 0.150 e. The highest BCUT2D eigenvalue weighted by atomic mass is 19.1. The predicted octanol–water partition coefficient (Wildman–Crippen LogP) is 6.61. The summed E-state index contributed by atoms with van der Waals surface area (Å²) in [6.45, 7) is 4.92. The van der Waals surface area contributed by atoms with Gasteiger partial charge in [0.25, 0.3) is 0 Å². The maximum atomic E-state index is 13.2. The van der Waals surface area contributed by atoms with Crippen molar-refractivity contribution in [2.75, 3.05) is 32.9 Å². The molecular formula is C31H34FNO4. The minimum Gasteiger partial charge on any atom is -0.508 e. The third-order valence-corrected chi connectivity index (χ3v) is 7.37. The standard InChI is InChI=1S/C31H34FNO4/c1-21-28-18-26(35)10-13-29(28)37-31(30(21)24-6-4-7-25(34)17-24)23-8-11-27(12-9-23)36-16-15-33-14-3-2-5-22(19-32)20-33/h4,6-13,17-18,22,31,34-35H,2-3,5,14-16,19-20H2,1H3. The Morgan fingerprint density at radius 2 is 1.81 bits per heavy atom. The van der Waals surface area contributed by atoms with E-state index in [1.165, 1.54) is 0 Å². The number of alkyl halides is 1. The maximum Gasteiger partial charge on any atom is 0.150 e. The van der Waals surface area contributed by atoms with Crippen LogP contribution in [0.3, 0.4) is 0 Å². The molecule has 5 rings (SSSR count). The largest absolute Gasteiger partial charge is 0.508 e. The first kappa shape index (κ1) is 25.2. The monoisotopic (exact) mass is 503 g/mol. The van der Waals surface area contributed by atoms with Gasteiger partial charge in [0.05, 0.1) is 6.67 Å². The second kappa shape index (κ2) is 11.3. The van der Waals surface area contributed by atoms with Crippen molar-refractivity contribution in [3.05, 3.63) is 83.4 Å². The van der Waals surface area contributed by atoms with Crippen molar-refractivity contribution in [1.82, 2.24) is 4.90 Å². The molecule has 0 saturated carbocycles. The number of hydrogen-bond acceptors (Lipinski definition) is 5. The predicted molar refractivity (Wildman–Crippen MR) is 144 cm³/mol. The lowest BCUT2D eigenvalue weighted by Gasteiger charge is -2.31. The zero-order valence-electron chi connectivity index (χ0n) is 21.2. The Bertz CT molecular complexity index is 1260. The van der Waals surface area contributed by atoms with E-state index in [0.29, 0.717) is 12.4 Å². The van der Waals surface area contributed by atoms with E-state index in [1.807, 2.05) is 43.3 Å². The molecule has 5 nitrogen and oxygen atoms in total. The Morgan fingerprint density at radius 3 is 2.59 bits per heavy atom. The molecule has 2 heterocycles. The summed E-state index contributed by atoms with van der Waals surface area (Å²) in [7, 11) is 0. The van der Waals surface area contributed by atoms with Gasteiger partial charge in [-0.05, 0) is 91.4 Å². The Labute approximate surface area is 217 Å². The van der Waals surface area contributed by atoms with Crippen LogP contribution in [0.1, 0.15) is 49.0 Å². The van der Waals surface area contributed by atoms with Crippen LogP contribution in [-0.2, 0) is 0 Å². The number of aromatic hydroxyl groups is 2. The summed E-state index contributed by atoms with van der Waals surface area (Å²) in [5.74, 6) is 1.99. The van der Waals surface area contributed by atoms with Gasteiger partial charge in [0.2, 0.25) is 0 Å². The van der Waals surface area contributed by atoms with E-state index in [2.05, 4.69) is 4.90 Å². The molecule has 1 saturated heterocycles. The highest BCUT2D eigenvalue weighted by Crippen LogP contribution is 2.47. The highest BCUT2D eigenvalue weighted by molar-refractivity contribution is 5.95. The van der Waals surface area contributed by atoms with E-state index >= 15 is 0 Å². The molecule has 0 amide bonds. The molecule has 0 bridgehead atoms. The number of benzene rings is 3. The average Bonchev–Trinajstić information content (AvgIpc) is 3.14. The normalized spacial score (nSPS) is 20.2. The van der Waals surface area contributed by atoms with Crippen LogP contribution in [0.2, 0.25) is 0 Å². The first-order valence-corrected chi connectivity index (χ1v) is 13.0. The molecule has 6 heteroatoms. The van der Waals surface area contributed by atoms with E-state index in [1.54, 1.807) is 30.3 Å². The van der Waals surface area contributed by atoms with Crippen molar-refractivity contribution in [3.63, 3.8) is 0 Å². The van der Waals surface area contributed by atoms with Gasteiger partial charge in [-0.3, -0.25) is 9.29 Å². The van der Waals surface area contributed by atoms with Crippen LogP contribution >= 0.6 is 0 Å². The number of allylic oxidation sites excluding steroid dienone is 1. The molecule has 3 aromatic carbocycles. The third-order valence-electron chi connectivity index (χ3n) is 7.37. The van der Waals surface area contributed by atoms with Crippen molar-refractivity contribution in [3.8, 4) is 23.0 Å². The SMILES string of the molecule is CC1=C(c2cccc(O)c2)C(c2ccc(OCCN3CCCCC(CF)C3)cc2)Oc2ccc(O)cc21. The van der Waals surface area contributed by atoms with Crippen LogP contribution in [0, 0.1) is 5.92 Å². The summed E-state index contributed by atoms with van der Waals surface area (Å²) in [6.07, 6.45) is 2.80. The van der Waals surface area contributed by atoms with E-state index in [0.717, 1.165) is 72.5 Å². The number of fused-ring (bicyclic) bond motifs is 1. The summed E-state index contributed by atoms with van der Waals surface area (Å²) in [5.41, 5.74) is 4.57. The second-order valence-electron chi connectivity index (χ2n) is 10.0. The van der Waals surface area contributed by atoms with Gasteiger partial charge in [-0.15, -0.1) is 0 Å². The molecule has 194 valence electrons. The third kappa shape index (κ3) is 5.75. The van der Waals surface area contributed by atoms with Crippen LogP contribution in [-0.4, -0.2) is 48.0 Å². The van der Waals surface area contributed by atoms with Gasteiger partial charge >= 0.3 is 0 Å². The molecule has 0 aromatic heterocycles. The number of likely N-dealkylation sites (tertiary alicyclic amines) is 1. The molecule has 3 aromatic rings. The summed E-state index contributed by atoms with van der Waals surface area (Å²) in [4.78, 5) is 2.31. The molecular weight excluding hydrogens is 469 g/mol. The topological polar surface area (TPSA) is 62.2 Å². The molecule has 2 N–H and O–H groups in total. The lowest BCUT2D eigenvalue weighted by molar-refractivity contribution is 0.184. The second-order valence-corrected chi connectivity index (χ2v) is 10.0. The van der Waals surface area contributed by atoms with E-state index in [4.69, 9.17) is 9.47 Å². The van der Waals surface area contributed by atoms with Crippen molar-refractivity contribution < 1.29 is 24.1 Å². The van der Waals surface area contributed by atoms with Gasteiger partial charge in [0.1, 0.15) is 35.7 Å². The molecule has 0 aliphatic carbocycles. The van der Waals surface area contributed by atoms with Gasteiger partial charge in [0.15, 0.2) is 0 Å². The van der Waals surface area contributed by atoms with Crippen molar-refractivity contribution >= 4 is 11.1 Å². The minimum absolute atomic E-state index is 0.142. The van der Waals surface area contributed by atoms with Gasteiger partial charge < -0.3 is 19.7 Å². The van der Waals surface area contributed by atoms with E-state index in [9.17, 15) is 14.6 Å². The van der Waals surface area contributed by atoms with Crippen molar-refractivity contribution in [2.24, 2.45) is 5.92 Å². The molecule has 0 radical (unpaired) electrons. The van der Waals surface area contributed by atoms with Crippen LogP contribution in [0.4, 0.5) is 4.39 Å². The first-order chi connectivity index (χ1) is 18.0. The molecule has 37 heavy (non-hydrogen) atoms. The van der Waals surface area contributed by atoms with Gasteiger partial charge in [-0.1, -0.05) is 30.7 Å². The Hall–Kier alpha value is -3.51. The van der Waals surface area contributed by atoms with E-state index in [-0.39, 0.29) is 30.2 Å².